The molecular formula is C9H19ClN2OS. The fourth-order valence-corrected chi connectivity index (χ4v) is 2.56. The van der Waals surface area contributed by atoms with E-state index < -0.39 is 0 Å². The highest BCUT2D eigenvalue weighted by Gasteiger charge is 2.15. The summed E-state index contributed by atoms with van der Waals surface area (Å²) in [7, 11) is 0. The Morgan fingerprint density at radius 3 is 2.64 bits per heavy atom. The van der Waals surface area contributed by atoms with E-state index in [2.05, 4.69) is 5.32 Å². The van der Waals surface area contributed by atoms with Crippen LogP contribution in [0.2, 0.25) is 0 Å². The smallest absolute Gasteiger partial charge is 0.236 e. The average molecular weight is 239 g/mol. The second-order valence-corrected chi connectivity index (χ2v) is 4.81. The zero-order valence-electron chi connectivity index (χ0n) is 8.49. The molecule has 0 aromatic carbocycles. The Labute approximate surface area is 96.0 Å². The van der Waals surface area contributed by atoms with Crippen LogP contribution >= 0.6 is 24.2 Å². The third-order valence-electron chi connectivity index (χ3n) is 2.32. The summed E-state index contributed by atoms with van der Waals surface area (Å²) in [5.74, 6) is 3.11. The van der Waals surface area contributed by atoms with Gasteiger partial charge in [-0.1, -0.05) is 0 Å². The number of nitrogens with one attached hydrogen (secondary N) is 1. The fraction of sp³-hybridized carbons (Fsp3) is 0.889. The zero-order chi connectivity index (χ0) is 9.68. The van der Waals surface area contributed by atoms with Crippen molar-refractivity contribution in [3.8, 4) is 0 Å². The molecule has 0 aliphatic carbocycles. The molecule has 1 amide bonds. The summed E-state index contributed by atoms with van der Waals surface area (Å²) in [6.45, 7) is 2.52. The van der Waals surface area contributed by atoms with Crippen LogP contribution in [0.15, 0.2) is 0 Å². The predicted molar refractivity (Wildman–Crippen MR) is 64.0 cm³/mol. The van der Waals surface area contributed by atoms with E-state index in [1.54, 1.807) is 6.92 Å². The summed E-state index contributed by atoms with van der Waals surface area (Å²) in [6, 6.07) is -0.377. The third-order valence-corrected chi connectivity index (χ3v) is 3.37. The Morgan fingerprint density at radius 2 is 2.14 bits per heavy atom. The van der Waals surface area contributed by atoms with E-state index in [-0.39, 0.29) is 24.4 Å². The van der Waals surface area contributed by atoms with E-state index in [1.807, 2.05) is 11.8 Å². The molecule has 3 nitrogen and oxygen atoms in total. The number of carbonyl (C=O) groups is 1. The van der Waals surface area contributed by atoms with Crippen molar-refractivity contribution in [2.75, 3.05) is 18.1 Å². The summed E-state index contributed by atoms with van der Waals surface area (Å²) in [4.78, 5) is 11.1. The molecule has 5 heteroatoms. The van der Waals surface area contributed by atoms with Gasteiger partial charge in [0, 0.05) is 6.54 Å². The van der Waals surface area contributed by atoms with Crippen LogP contribution in [0, 0.1) is 5.92 Å². The second-order valence-electron chi connectivity index (χ2n) is 3.59. The standard InChI is InChI=1S/C9H18N2OS.ClH/c1-7(10)9(12)11-6-8-2-4-13-5-3-8;/h7-8H,2-6,10H2,1H3,(H,11,12);1H/t7-;/m0./s1. The molecule has 1 rings (SSSR count). The molecule has 1 aliphatic rings. The van der Waals surface area contributed by atoms with Crippen molar-refractivity contribution < 1.29 is 4.79 Å². The van der Waals surface area contributed by atoms with Crippen LogP contribution in [0.1, 0.15) is 19.8 Å². The normalized spacial score (nSPS) is 19.6. The number of rotatable bonds is 3. The lowest BCUT2D eigenvalue weighted by atomic mass is 10.0. The Morgan fingerprint density at radius 1 is 1.57 bits per heavy atom. The van der Waals surface area contributed by atoms with Crippen LogP contribution in [0.25, 0.3) is 0 Å². The fourth-order valence-electron chi connectivity index (χ4n) is 1.36. The monoisotopic (exact) mass is 238 g/mol. The number of hydrogen-bond acceptors (Lipinski definition) is 3. The lowest BCUT2D eigenvalue weighted by Gasteiger charge is -2.21. The molecule has 0 radical (unpaired) electrons. The van der Waals surface area contributed by atoms with E-state index in [0.717, 1.165) is 6.54 Å². The largest absolute Gasteiger partial charge is 0.354 e. The molecule has 0 unspecified atom stereocenters. The maximum absolute atomic E-state index is 11.1. The molecule has 84 valence electrons. The number of hydrogen-bond donors (Lipinski definition) is 2. The lowest BCUT2D eigenvalue weighted by molar-refractivity contribution is -0.122. The van der Waals surface area contributed by atoms with Crippen LogP contribution in [0.3, 0.4) is 0 Å². The van der Waals surface area contributed by atoms with E-state index in [4.69, 9.17) is 5.73 Å². The van der Waals surface area contributed by atoms with Crippen LogP contribution in [0.4, 0.5) is 0 Å². The van der Waals surface area contributed by atoms with Gasteiger partial charge in [0.1, 0.15) is 0 Å². The third kappa shape index (κ3) is 5.08. The molecule has 1 fully saturated rings. The van der Waals surface area contributed by atoms with Gasteiger partial charge in [0.2, 0.25) is 5.91 Å². The molecule has 0 bridgehead atoms. The van der Waals surface area contributed by atoms with Crippen molar-refractivity contribution in [3.63, 3.8) is 0 Å². The molecule has 1 saturated heterocycles. The van der Waals surface area contributed by atoms with Crippen molar-refractivity contribution in [1.82, 2.24) is 5.32 Å². The van der Waals surface area contributed by atoms with Gasteiger partial charge in [-0.2, -0.15) is 11.8 Å². The van der Waals surface area contributed by atoms with Crippen molar-refractivity contribution in [3.05, 3.63) is 0 Å². The number of thioether (sulfide) groups is 1. The van der Waals surface area contributed by atoms with Gasteiger partial charge in [-0.3, -0.25) is 4.79 Å². The minimum absolute atomic E-state index is 0. The first-order chi connectivity index (χ1) is 6.20. The maximum Gasteiger partial charge on any atom is 0.236 e. The van der Waals surface area contributed by atoms with Crippen LogP contribution in [0.5, 0.6) is 0 Å². The summed E-state index contributed by atoms with van der Waals surface area (Å²) in [5.41, 5.74) is 5.44. The second kappa shape index (κ2) is 7.37. The van der Waals surface area contributed by atoms with Gasteiger partial charge in [-0.05, 0) is 37.2 Å². The highest BCUT2D eigenvalue weighted by Crippen LogP contribution is 2.21. The molecule has 3 N–H and O–H groups in total. The SMILES string of the molecule is C[C@H](N)C(=O)NCC1CCSCC1.Cl. The van der Waals surface area contributed by atoms with Crippen molar-refractivity contribution >= 4 is 30.1 Å². The van der Waals surface area contributed by atoms with E-state index in [1.165, 1.54) is 24.3 Å². The Kier molecular flexibility index (Phi) is 7.41. The van der Waals surface area contributed by atoms with Gasteiger partial charge in [0.15, 0.2) is 0 Å². The average Bonchev–Trinajstić information content (AvgIpc) is 2.15. The Balaban J connectivity index is 0.00000169. The van der Waals surface area contributed by atoms with E-state index >= 15 is 0 Å². The number of carbonyl (C=O) groups excluding carboxylic acids is 1. The molecule has 0 saturated carbocycles. The topological polar surface area (TPSA) is 55.1 Å². The first-order valence-corrected chi connectivity index (χ1v) is 5.96. The Hall–Kier alpha value is 0.0700. The molecule has 1 aliphatic heterocycles. The summed E-state index contributed by atoms with van der Waals surface area (Å²) in [5, 5.41) is 2.88. The van der Waals surface area contributed by atoms with Gasteiger partial charge in [0.25, 0.3) is 0 Å². The molecule has 1 heterocycles. The Bertz CT molecular complexity index is 172. The summed E-state index contributed by atoms with van der Waals surface area (Å²) in [6.07, 6.45) is 2.45. The van der Waals surface area contributed by atoms with Crippen LogP contribution in [-0.4, -0.2) is 30.0 Å². The van der Waals surface area contributed by atoms with E-state index in [9.17, 15) is 4.79 Å². The minimum Gasteiger partial charge on any atom is -0.354 e. The summed E-state index contributed by atoms with van der Waals surface area (Å²) < 4.78 is 0. The van der Waals surface area contributed by atoms with Gasteiger partial charge in [0.05, 0.1) is 6.04 Å². The highest BCUT2D eigenvalue weighted by atomic mass is 35.5. The van der Waals surface area contributed by atoms with Gasteiger partial charge in [-0.25, -0.2) is 0 Å². The van der Waals surface area contributed by atoms with Gasteiger partial charge >= 0.3 is 0 Å². The summed E-state index contributed by atoms with van der Waals surface area (Å²) >= 11 is 2.00. The zero-order valence-corrected chi connectivity index (χ0v) is 10.1. The number of amides is 1. The lowest BCUT2D eigenvalue weighted by Crippen LogP contribution is -2.40. The van der Waals surface area contributed by atoms with Gasteiger partial charge in [-0.15, -0.1) is 12.4 Å². The predicted octanol–water partition coefficient (Wildman–Crippen LogP) is 1.01. The first kappa shape index (κ1) is 14.1. The molecule has 14 heavy (non-hydrogen) atoms. The molecule has 0 spiro atoms. The maximum atomic E-state index is 11.1. The van der Waals surface area contributed by atoms with Crippen molar-refractivity contribution in [1.29, 1.82) is 0 Å². The highest BCUT2D eigenvalue weighted by molar-refractivity contribution is 7.99. The molecule has 0 aromatic rings. The molecule has 0 aromatic heterocycles. The number of halogens is 1. The molecule has 1 atom stereocenters. The minimum atomic E-state index is -0.377. The van der Waals surface area contributed by atoms with Crippen LogP contribution in [-0.2, 0) is 4.79 Å². The quantitative estimate of drug-likeness (QED) is 0.772. The molecular weight excluding hydrogens is 220 g/mol. The van der Waals surface area contributed by atoms with Crippen LogP contribution < -0.4 is 11.1 Å². The van der Waals surface area contributed by atoms with E-state index in [0.29, 0.717) is 5.92 Å². The number of nitrogens with two attached hydrogens (primary N) is 1. The first-order valence-electron chi connectivity index (χ1n) is 4.81. The van der Waals surface area contributed by atoms with Crippen molar-refractivity contribution in [2.45, 2.75) is 25.8 Å². The van der Waals surface area contributed by atoms with Gasteiger partial charge < -0.3 is 11.1 Å². The van der Waals surface area contributed by atoms with Crippen molar-refractivity contribution in [2.24, 2.45) is 11.7 Å².